The minimum Gasteiger partial charge on any atom is -0.383 e. The maximum absolute atomic E-state index is 11.4. The van der Waals surface area contributed by atoms with Crippen molar-refractivity contribution in [3.8, 4) is 0 Å². The molecule has 114 valence electrons. The molecule has 1 heterocycles. The van der Waals surface area contributed by atoms with Gasteiger partial charge in [0.05, 0.1) is 0 Å². The van der Waals surface area contributed by atoms with Gasteiger partial charge in [-0.15, -0.1) is 11.3 Å². The van der Waals surface area contributed by atoms with Crippen molar-refractivity contribution in [2.45, 2.75) is 30.4 Å². The van der Waals surface area contributed by atoms with Crippen molar-refractivity contribution in [1.29, 1.82) is 0 Å². The zero-order valence-electron chi connectivity index (χ0n) is 12.5. The maximum Gasteiger partial charge on any atom is 0.108 e. The normalized spacial score (nSPS) is 17.1. The molecule has 3 unspecified atom stereocenters. The fourth-order valence-corrected chi connectivity index (χ4v) is 3.40. The number of benzene rings is 1. The second kappa shape index (κ2) is 6.83. The molecule has 21 heavy (non-hydrogen) atoms. The molecule has 0 aliphatic heterocycles. The number of thiophene rings is 1. The van der Waals surface area contributed by atoms with Crippen molar-refractivity contribution >= 4 is 22.1 Å². The molecule has 0 aliphatic rings. The second-order valence-corrected chi connectivity index (χ2v) is 7.70. The standard InChI is InChI=1S/C16H21NO2S2/c1-12(13-6-8-14(9-7-13)21(3)19)17-11-16(2,18)15-5-4-10-20-15/h4-10,12,17-18H,11H2,1-3H3. The van der Waals surface area contributed by atoms with E-state index >= 15 is 0 Å². The van der Waals surface area contributed by atoms with Gasteiger partial charge in [-0.2, -0.15) is 0 Å². The van der Waals surface area contributed by atoms with Crippen LogP contribution >= 0.6 is 11.3 Å². The van der Waals surface area contributed by atoms with Crippen LogP contribution in [0.5, 0.6) is 0 Å². The van der Waals surface area contributed by atoms with Crippen LogP contribution in [0, 0.1) is 0 Å². The molecule has 0 aliphatic carbocycles. The first-order valence-corrected chi connectivity index (χ1v) is 9.27. The van der Waals surface area contributed by atoms with E-state index in [1.165, 1.54) is 0 Å². The molecule has 5 heteroatoms. The summed E-state index contributed by atoms with van der Waals surface area (Å²) in [6.45, 7) is 4.36. The third-order valence-corrected chi connectivity index (χ3v) is 5.58. The first-order valence-electron chi connectivity index (χ1n) is 6.83. The highest BCUT2D eigenvalue weighted by Crippen LogP contribution is 2.25. The van der Waals surface area contributed by atoms with Crippen LogP contribution in [-0.2, 0) is 16.4 Å². The van der Waals surface area contributed by atoms with E-state index < -0.39 is 16.4 Å². The van der Waals surface area contributed by atoms with Crippen LogP contribution in [0.1, 0.15) is 30.3 Å². The van der Waals surface area contributed by atoms with Gasteiger partial charge in [0.2, 0.25) is 0 Å². The van der Waals surface area contributed by atoms with Crippen molar-refractivity contribution in [3.63, 3.8) is 0 Å². The van der Waals surface area contributed by atoms with Gasteiger partial charge in [-0.05, 0) is 43.0 Å². The van der Waals surface area contributed by atoms with E-state index in [9.17, 15) is 9.32 Å². The van der Waals surface area contributed by atoms with Crippen LogP contribution in [0.15, 0.2) is 46.7 Å². The molecular formula is C16H21NO2S2. The Kier molecular flexibility index (Phi) is 5.32. The van der Waals surface area contributed by atoms with Gasteiger partial charge in [-0.1, -0.05) is 18.2 Å². The molecule has 0 bridgehead atoms. The Morgan fingerprint density at radius 1 is 1.33 bits per heavy atom. The molecule has 0 radical (unpaired) electrons. The van der Waals surface area contributed by atoms with E-state index in [0.717, 1.165) is 15.3 Å². The Bertz CT molecular complexity index is 591. The summed E-state index contributed by atoms with van der Waals surface area (Å²) in [4.78, 5) is 1.79. The lowest BCUT2D eigenvalue weighted by atomic mass is 10.0. The maximum atomic E-state index is 11.4. The van der Waals surface area contributed by atoms with Crippen molar-refractivity contribution < 1.29 is 9.32 Å². The third-order valence-electron chi connectivity index (χ3n) is 3.52. The van der Waals surface area contributed by atoms with E-state index in [1.807, 2.05) is 48.7 Å². The predicted octanol–water partition coefficient (Wildman–Crippen LogP) is 3.04. The Morgan fingerprint density at radius 3 is 2.52 bits per heavy atom. The lowest BCUT2D eigenvalue weighted by Crippen LogP contribution is -2.36. The molecule has 1 aromatic heterocycles. The summed E-state index contributed by atoms with van der Waals surface area (Å²) in [6, 6.07) is 11.8. The zero-order valence-corrected chi connectivity index (χ0v) is 14.1. The van der Waals surface area contributed by atoms with Crippen molar-refractivity contribution in [2.75, 3.05) is 12.8 Å². The van der Waals surface area contributed by atoms with Gasteiger partial charge >= 0.3 is 0 Å². The fourth-order valence-electron chi connectivity index (χ4n) is 2.09. The van der Waals surface area contributed by atoms with E-state index in [-0.39, 0.29) is 6.04 Å². The van der Waals surface area contributed by atoms with Gasteiger partial charge in [-0.25, -0.2) is 0 Å². The largest absolute Gasteiger partial charge is 0.383 e. The highest BCUT2D eigenvalue weighted by molar-refractivity contribution is 7.84. The molecule has 1 aromatic carbocycles. The summed E-state index contributed by atoms with van der Waals surface area (Å²) >= 11 is 1.56. The van der Waals surface area contributed by atoms with E-state index in [2.05, 4.69) is 12.2 Å². The van der Waals surface area contributed by atoms with Crippen molar-refractivity contribution in [3.05, 3.63) is 52.2 Å². The highest BCUT2D eigenvalue weighted by atomic mass is 32.2. The molecule has 0 saturated carbocycles. The molecule has 3 atom stereocenters. The molecule has 0 fully saturated rings. The molecule has 3 nitrogen and oxygen atoms in total. The minimum atomic E-state index is -0.948. The van der Waals surface area contributed by atoms with E-state index in [0.29, 0.717) is 6.54 Å². The predicted molar refractivity (Wildman–Crippen MR) is 89.1 cm³/mol. The van der Waals surface area contributed by atoms with Crippen LogP contribution in [-0.4, -0.2) is 22.1 Å². The van der Waals surface area contributed by atoms with Gasteiger partial charge in [-0.3, -0.25) is 4.21 Å². The van der Waals surface area contributed by atoms with Crippen molar-refractivity contribution in [2.24, 2.45) is 0 Å². The third kappa shape index (κ3) is 4.23. The molecule has 2 N–H and O–H groups in total. The average Bonchev–Trinajstić information content (AvgIpc) is 3.00. The van der Waals surface area contributed by atoms with Crippen LogP contribution in [0.2, 0.25) is 0 Å². The summed E-state index contributed by atoms with van der Waals surface area (Å²) < 4.78 is 11.4. The first kappa shape index (κ1) is 16.4. The summed E-state index contributed by atoms with van der Waals surface area (Å²) in [5, 5.41) is 15.8. The zero-order chi connectivity index (χ0) is 15.5. The van der Waals surface area contributed by atoms with E-state index in [1.54, 1.807) is 17.6 Å². The molecule has 2 rings (SSSR count). The Balaban J connectivity index is 1.98. The molecule has 0 spiro atoms. The average molecular weight is 323 g/mol. The summed E-state index contributed by atoms with van der Waals surface area (Å²) in [5.41, 5.74) is 0.249. The monoisotopic (exact) mass is 323 g/mol. The molecule has 2 aromatic rings. The topological polar surface area (TPSA) is 49.3 Å². The molecular weight excluding hydrogens is 302 g/mol. The lowest BCUT2D eigenvalue weighted by Gasteiger charge is -2.25. The van der Waals surface area contributed by atoms with Crippen LogP contribution < -0.4 is 5.32 Å². The van der Waals surface area contributed by atoms with Gasteiger partial charge < -0.3 is 10.4 Å². The Morgan fingerprint density at radius 2 is 2.00 bits per heavy atom. The van der Waals surface area contributed by atoms with E-state index in [4.69, 9.17) is 0 Å². The highest BCUT2D eigenvalue weighted by Gasteiger charge is 2.24. The van der Waals surface area contributed by atoms with Crippen LogP contribution in [0.4, 0.5) is 0 Å². The lowest BCUT2D eigenvalue weighted by molar-refractivity contribution is 0.0581. The van der Waals surface area contributed by atoms with Gasteiger partial charge in [0.25, 0.3) is 0 Å². The van der Waals surface area contributed by atoms with Gasteiger partial charge in [0.1, 0.15) is 5.60 Å². The van der Waals surface area contributed by atoms with Crippen LogP contribution in [0.3, 0.4) is 0 Å². The van der Waals surface area contributed by atoms with Gasteiger partial charge in [0, 0.05) is 39.4 Å². The fraction of sp³-hybridized carbons (Fsp3) is 0.375. The molecule has 0 saturated heterocycles. The second-order valence-electron chi connectivity index (χ2n) is 5.38. The number of nitrogens with one attached hydrogen (secondary N) is 1. The van der Waals surface area contributed by atoms with Crippen molar-refractivity contribution in [1.82, 2.24) is 5.32 Å². The number of hydrogen-bond donors (Lipinski definition) is 2. The van der Waals surface area contributed by atoms with Gasteiger partial charge in [0.15, 0.2) is 0 Å². The summed E-state index contributed by atoms with van der Waals surface area (Å²) in [6.07, 6.45) is 1.68. The Hall–Kier alpha value is -1.01. The summed E-state index contributed by atoms with van der Waals surface area (Å²) in [7, 11) is -0.948. The molecule has 0 amide bonds. The van der Waals surface area contributed by atoms with Crippen LogP contribution in [0.25, 0.3) is 0 Å². The Labute approximate surface area is 132 Å². The SMILES string of the molecule is CC(NCC(C)(O)c1cccs1)c1ccc(S(C)=O)cc1. The smallest absolute Gasteiger partial charge is 0.108 e. The number of aliphatic hydroxyl groups is 1. The first-order chi connectivity index (χ1) is 9.90. The quantitative estimate of drug-likeness (QED) is 0.859. The minimum absolute atomic E-state index is 0.121. The number of hydrogen-bond acceptors (Lipinski definition) is 4. The number of rotatable bonds is 6. The summed E-state index contributed by atoms with van der Waals surface area (Å²) in [5.74, 6) is 0.